The Kier molecular flexibility index (Phi) is 8.60. The van der Waals surface area contributed by atoms with Gasteiger partial charge in [-0.2, -0.15) is 0 Å². The Balaban J connectivity index is 1.97. The van der Waals surface area contributed by atoms with Gasteiger partial charge in [0, 0.05) is 11.8 Å². The van der Waals surface area contributed by atoms with Crippen molar-refractivity contribution < 1.29 is 14.3 Å². The molecule has 0 atom stereocenters. The molecule has 1 N–H and O–H groups in total. The van der Waals surface area contributed by atoms with Gasteiger partial charge in [-0.05, 0) is 61.2 Å². The predicted octanol–water partition coefficient (Wildman–Crippen LogP) is 5.92. The van der Waals surface area contributed by atoms with E-state index in [1.807, 2.05) is 50.2 Å². The van der Waals surface area contributed by atoms with Gasteiger partial charge in [-0.15, -0.1) is 0 Å². The van der Waals surface area contributed by atoms with Gasteiger partial charge in [0.05, 0.1) is 13.7 Å². The molecule has 0 aliphatic carbocycles. The topological polar surface area (TPSA) is 47.6 Å². The minimum Gasteiger partial charge on any atom is -0.493 e. The zero-order valence-corrected chi connectivity index (χ0v) is 17.4. The number of amides is 1. The van der Waals surface area contributed by atoms with Crippen molar-refractivity contribution in [2.45, 2.75) is 46.5 Å². The fourth-order valence-electron chi connectivity index (χ4n) is 2.85. The third-order valence-corrected chi connectivity index (χ3v) is 4.73. The van der Waals surface area contributed by atoms with Crippen LogP contribution in [0.25, 0.3) is 6.08 Å². The lowest BCUT2D eigenvalue weighted by atomic mass is 10.1. The molecule has 0 spiro atoms. The summed E-state index contributed by atoms with van der Waals surface area (Å²) in [6.45, 7) is 6.91. The zero-order valence-electron chi connectivity index (χ0n) is 17.4. The lowest BCUT2D eigenvalue weighted by molar-refractivity contribution is -0.111. The molecular weight excluding hydrogens is 350 g/mol. The number of nitrogens with one attached hydrogen (secondary N) is 1. The molecule has 0 bridgehead atoms. The Morgan fingerprint density at radius 1 is 1.07 bits per heavy atom. The van der Waals surface area contributed by atoms with Crippen molar-refractivity contribution in [1.82, 2.24) is 0 Å². The van der Waals surface area contributed by atoms with Gasteiger partial charge in [0.2, 0.25) is 5.91 Å². The van der Waals surface area contributed by atoms with Crippen LogP contribution in [0.15, 0.2) is 42.5 Å². The maximum atomic E-state index is 12.2. The van der Waals surface area contributed by atoms with Crippen LogP contribution in [0, 0.1) is 13.8 Å². The number of hydrogen-bond acceptors (Lipinski definition) is 3. The van der Waals surface area contributed by atoms with E-state index in [-0.39, 0.29) is 5.91 Å². The minimum atomic E-state index is -0.163. The minimum absolute atomic E-state index is 0.163. The molecule has 1 amide bonds. The molecule has 0 aliphatic heterocycles. The van der Waals surface area contributed by atoms with E-state index < -0.39 is 0 Å². The van der Waals surface area contributed by atoms with Crippen molar-refractivity contribution in [1.29, 1.82) is 0 Å². The number of carbonyl (C=O) groups excluding carboxylic acids is 1. The summed E-state index contributed by atoms with van der Waals surface area (Å²) in [5, 5.41) is 2.92. The first-order valence-electron chi connectivity index (χ1n) is 9.91. The van der Waals surface area contributed by atoms with E-state index in [1.54, 1.807) is 13.2 Å². The molecule has 28 heavy (non-hydrogen) atoms. The molecule has 0 fully saturated rings. The standard InChI is InChI=1S/C24H31NO3/c1-5-6-7-8-16-28-22-14-12-20(17-23(22)27-4)13-15-24(26)25-21-11-9-10-18(2)19(21)3/h9-15,17H,5-8,16H2,1-4H3,(H,25,26). The Labute approximate surface area is 168 Å². The predicted molar refractivity (Wildman–Crippen MR) is 116 cm³/mol. The first kappa shape index (κ1) is 21.5. The van der Waals surface area contributed by atoms with Crippen molar-refractivity contribution >= 4 is 17.7 Å². The van der Waals surface area contributed by atoms with Crippen molar-refractivity contribution in [2.75, 3.05) is 19.0 Å². The van der Waals surface area contributed by atoms with Crippen molar-refractivity contribution in [3.05, 3.63) is 59.2 Å². The number of carbonyl (C=O) groups is 1. The second kappa shape index (κ2) is 11.2. The third-order valence-electron chi connectivity index (χ3n) is 4.73. The Bertz CT molecular complexity index is 811. The second-order valence-electron chi connectivity index (χ2n) is 6.89. The molecule has 2 aromatic carbocycles. The number of unbranched alkanes of at least 4 members (excludes halogenated alkanes) is 3. The van der Waals surface area contributed by atoms with Crippen LogP contribution in [0.5, 0.6) is 11.5 Å². The van der Waals surface area contributed by atoms with Crippen LogP contribution in [-0.2, 0) is 4.79 Å². The van der Waals surface area contributed by atoms with E-state index in [1.165, 1.54) is 25.3 Å². The van der Waals surface area contributed by atoms with Crippen LogP contribution in [0.2, 0.25) is 0 Å². The highest BCUT2D eigenvalue weighted by Crippen LogP contribution is 2.29. The second-order valence-corrected chi connectivity index (χ2v) is 6.89. The van der Waals surface area contributed by atoms with Crippen molar-refractivity contribution in [2.24, 2.45) is 0 Å². The van der Waals surface area contributed by atoms with E-state index in [4.69, 9.17) is 9.47 Å². The maximum absolute atomic E-state index is 12.2. The van der Waals surface area contributed by atoms with Gasteiger partial charge in [0.1, 0.15) is 0 Å². The Morgan fingerprint density at radius 2 is 1.89 bits per heavy atom. The quantitative estimate of drug-likeness (QED) is 0.410. The van der Waals surface area contributed by atoms with Crippen LogP contribution >= 0.6 is 0 Å². The number of hydrogen-bond donors (Lipinski definition) is 1. The summed E-state index contributed by atoms with van der Waals surface area (Å²) in [6.07, 6.45) is 7.96. The van der Waals surface area contributed by atoms with Gasteiger partial charge in [-0.25, -0.2) is 0 Å². The smallest absolute Gasteiger partial charge is 0.248 e. The molecule has 2 rings (SSSR count). The average Bonchev–Trinajstić information content (AvgIpc) is 2.70. The molecular formula is C24H31NO3. The van der Waals surface area contributed by atoms with E-state index in [0.29, 0.717) is 12.4 Å². The fourth-order valence-corrected chi connectivity index (χ4v) is 2.85. The summed E-state index contributed by atoms with van der Waals surface area (Å²) in [7, 11) is 1.62. The van der Waals surface area contributed by atoms with Crippen molar-refractivity contribution in [3.63, 3.8) is 0 Å². The first-order valence-corrected chi connectivity index (χ1v) is 9.91. The van der Waals surface area contributed by atoms with Gasteiger partial charge >= 0.3 is 0 Å². The fraction of sp³-hybridized carbons (Fsp3) is 0.375. The number of aryl methyl sites for hydroxylation is 1. The number of benzene rings is 2. The summed E-state index contributed by atoms with van der Waals surface area (Å²) in [5.41, 5.74) is 3.94. The lowest BCUT2D eigenvalue weighted by Crippen LogP contribution is -2.09. The van der Waals surface area contributed by atoms with Crippen molar-refractivity contribution in [3.8, 4) is 11.5 Å². The largest absolute Gasteiger partial charge is 0.493 e. The van der Waals surface area contributed by atoms with Crippen LogP contribution in [0.3, 0.4) is 0 Å². The van der Waals surface area contributed by atoms with E-state index >= 15 is 0 Å². The number of ether oxygens (including phenoxy) is 2. The molecule has 0 radical (unpaired) electrons. The Hall–Kier alpha value is -2.75. The number of anilines is 1. The highest BCUT2D eigenvalue weighted by molar-refractivity contribution is 6.02. The number of methoxy groups -OCH3 is 1. The van der Waals surface area contributed by atoms with Gasteiger partial charge in [-0.1, -0.05) is 44.4 Å². The van der Waals surface area contributed by atoms with Crippen LogP contribution < -0.4 is 14.8 Å². The SMILES string of the molecule is CCCCCCOc1ccc(C=CC(=O)Nc2cccc(C)c2C)cc1OC. The highest BCUT2D eigenvalue weighted by atomic mass is 16.5. The van der Waals surface area contributed by atoms with E-state index in [9.17, 15) is 4.79 Å². The first-order chi connectivity index (χ1) is 13.5. The van der Waals surface area contributed by atoms with Gasteiger partial charge in [0.15, 0.2) is 11.5 Å². The van der Waals surface area contributed by atoms with Crippen LogP contribution in [-0.4, -0.2) is 19.6 Å². The molecule has 4 heteroatoms. The molecule has 0 saturated heterocycles. The molecule has 0 aromatic heterocycles. The monoisotopic (exact) mass is 381 g/mol. The van der Waals surface area contributed by atoms with E-state index in [0.717, 1.165) is 34.5 Å². The normalized spacial score (nSPS) is 10.9. The van der Waals surface area contributed by atoms with Crippen LogP contribution in [0.4, 0.5) is 5.69 Å². The molecule has 4 nitrogen and oxygen atoms in total. The number of rotatable bonds is 10. The summed E-state index contributed by atoms with van der Waals surface area (Å²) in [4.78, 5) is 12.2. The summed E-state index contributed by atoms with van der Waals surface area (Å²) >= 11 is 0. The highest BCUT2D eigenvalue weighted by Gasteiger charge is 2.06. The molecule has 150 valence electrons. The average molecular weight is 382 g/mol. The molecule has 0 saturated carbocycles. The van der Waals surface area contributed by atoms with Gasteiger partial charge in [0.25, 0.3) is 0 Å². The van der Waals surface area contributed by atoms with Crippen LogP contribution in [0.1, 0.15) is 49.3 Å². The van der Waals surface area contributed by atoms with E-state index in [2.05, 4.69) is 12.2 Å². The van der Waals surface area contributed by atoms with Gasteiger partial charge in [-0.3, -0.25) is 4.79 Å². The molecule has 0 heterocycles. The maximum Gasteiger partial charge on any atom is 0.248 e. The lowest BCUT2D eigenvalue weighted by Gasteiger charge is -2.11. The zero-order chi connectivity index (χ0) is 20.4. The Morgan fingerprint density at radius 3 is 2.64 bits per heavy atom. The summed E-state index contributed by atoms with van der Waals surface area (Å²) < 4.78 is 11.3. The summed E-state index contributed by atoms with van der Waals surface area (Å²) in [6, 6.07) is 11.6. The third kappa shape index (κ3) is 6.45. The molecule has 0 aliphatic rings. The summed E-state index contributed by atoms with van der Waals surface area (Å²) in [5.74, 6) is 1.24. The molecule has 0 unspecified atom stereocenters. The molecule has 2 aromatic rings. The van der Waals surface area contributed by atoms with Gasteiger partial charge < -0.3 is 14.8 Å².